The van der Waals surface area contributed by atoms with Crippen molar-refractivity contribution < 1.29 is 20.1 Å². The van der Waals surface area contributed by atoms with Gasteiger partial charge in [-0.3, -0.25) is 9.78 Å². The maximum Gasteiger partial charge on any atom is 0.325 e. The van der Waals surface area contributed by atoms with E-state index < -0.39 is 42.3 Å². The fraction of sp³-hybridized carbons (Fsp3) is 0.538. The van der Waals surface area contributed by atoms with Gasteiger partial charge in [-0.2, -0.15) is 0 Å². The van der Waals surface area contributed by atoms with Gasteiger partial charge in [-0.05, 0) is 6.92 Å². The van der Waals surface area contributed by atoms with E-state index in [2.05, 4.69) is 20.3 Å². The molecule has 11 nitrogen and oxygen atoms in total. The summed E-state index contributed by atoms with van der Waals surface area (Å²) < 4.78 is 6.80. The number of aliphatic hydroxyl groups excluding tert-OH is 3. The first-order valence-electron chi connectivity index (χ1n) is 7.25. The van der Waals surface area contributed by atoms with Gasteiger partial charge in [0.2, 0.25) is 0 Å². The van der Waals surface area contributed by atoms with Gasteiger partial charge in [0.15, 0.2) is 0 Å². The molecule has 1 fully saturated rings. The Kier molecular flexibility index (Phi) is 4.32. The molecule has 3 heterocycles. The third-order valence-corrected chi connectivity index (χ3v) is 3.86. The second-order valence-electron chi connectivity index (χ2n) is 5.62. The van der Waals surface area contributed by atoms with Crippen LogP contribution in [0.2, 0.25) is 0 Å². The van der Waals surface area contributed by atoms with Crippen molar-refractivity contribution in [1.82, 2.24) is 25.0 Å². The number of hydrogen-bond acceptors (Lipinski definition) is 8. The van der Waals surface area contributed by atoms with Crippen molar-refractivity contribution in [2.45, 2.75) is 37.9 Å². The maximum atomic E-state index is 12.2. The standard InChI is InChI=1S/C13H17N5O6/c1-5-2-18(17-16-5)3-6-8(12(22)15-13(23)14-6)11-10(21)9(20)7(4-19)24-11/h2,7,9-11,19-21H,3-4H2,1H3,(H2,14,15,22,23)/t7-,9?,10+,11+/m1/s1. The number of ether oxygens (including phenoxy) is 1. The first-order valence-corrected chi connectivity index (χ1v) is 7.25. The van der Waals surface area contributed by atoms with Gasteiger partial charge >= 0.3 is 5.69 Å². The largest absolute Gasteiger partial charge is 0.394 e. The fourth-order valence-corrected chi connectivity index (χ4v) is 2.74. The molecule has 0 bridgehead atoms. The van der Waals surface area contributed by atoms with E-state index in [9.17, 15) is 24.9 Å². The van der Waals surface area contributed by atoms with E-state index in [-0.39, 0.29) is 17.8 Å². The molecule has 4 atom stereocenters. The highest BCUT2D eigenvalue weighted by atomic mass is 16.6. The Balaban J connectivity index is 2.04. The first-order chi connectivity index (χ1) is 11.4. The van der Waals surface area contributed by atoms with Crippen LogP contribution < -0.4 is 11.2 Å². The molecule has 5 N–H and O–H groups in total. The molecule has 0 radical (unpaired) electrons. The van der Waals surface area contributed by atoms with Gasteiger partial charge in [0, 0.05) is 6.20 Å². The minimum atomic E-state index is -1.43. The van der Waals surface area contributed by atoms with Crippen LogP contribution in [0.3, 0.4) is 0 Å². The smallest absolute Gasteiger partial charge is 0.325 e. The Morgan fingerprint density at radius 2 is 2.04 bits per heavy atom. The summed E-state index contributed by atoms with van der Waals surface area (Å²) in [6, 6.07) is 0. The van der Waals surface area contributed by atoms with Crippen LogP contribution in [0.15, 0.2) is 15.8 Å². The summed E-state index contributed by atoms with van der Waals surface area (Å²) in [5.41, 5.74) is -0.687. The summed E-state index contributed by atoms with van der Waals surface area (Å²) in [5.74, 6) is 0. The first kappa shape index (κ1) is 16.5. The van der Waals surface area contributed by atoms with E-state index in [4.69, 9.17) is 4.74 Å². The Morgan fingerprint density at radius 3 is 2.62 bits per heavy atom. The van der Waals surface area contributed by atoms with Crippen molar-refractivity contribution in [3.05, 3.63) is 44.0 Å². The summed E-state index contributed by atoms with van der Waals surface area (Å²) >= 11 is 0. The number of aromatic amines is 2. The van der Waals surface area contributed by atoms with E-state index in [0.717, 1.165) is 0 Å². The lowest BCUT2D eigenvalue weighted by Gasteiger charge is -2.17. The molecule has 0 saturated carbocycles. The Hall–Kier alpha value is -2.34. The lowest BCUT2D eigenvalue weighted by atomic mass is 10.0. The minimum absolute atomic E-state index is 0.0157. The molecule has 3 rings (SSSR count). The minimum Gasteiger partial charge on any atom is -0.394 e. The molecule has 130 valence electrons. The molecule has 1 aliphatic rings. The number of rotatable bonds is 4. The van der Waals surface area contributed by atoms with Crippen LogP contribution in [0.1, 0.15) is 23.1 Å². The molecular formula is C13H17N5O6. The van der Waals surface area contributed by atoms with Crippen LogP contribution in [-0.4, -0.2) is 65.2 Å². The molecule has 0 aromatic carbocycles. The second-order valence-corrected chi connectivity index (χ2v) is 5.62. The average Bonchev–Trinajstić information content (AvgIpc) is 3.04. The predicted octanol–water partition coefficient (Wildman–Crippen LogP) is -2.83. The average molecular weight is 339 g/mol. The number of nitrogens with one attached hydrogen (secondary N) is 2. The summed E-state index contributed by atoms with van der Waals surface area (Å²) in [4.78, 5) is 28.4. The predicted molar refractivity (Wildman–Crippen MR) is 78.3 cm³/mol. The summed E-state index contributed by atoms with van der Waals surface area (Å²) in [6.45, 7) is 1.23. The third-order valence-electron chi connectivity index (χ3n) is 3.86. The van der Waals surface area contributed by atoms with E-state index >= 15 is 0 Å². The number of aryl methyl sites for hydroxylation is 1. The molecule has 1 unspecified atom stereocenters. The SMILES string of the molecule is Cc1cn(Cc2[nH]c(=O)[nH]c(=O)c2[C@@H]2O[C@H](CO)C(O)[C@@H]2O)nn1. The number of aromatic nitrogens is 5. The molecular weight excluding hydrogens is 322 g/mol. The van der Waals surface area contributed by atoms with Gasteiger partial charge in [-0.15, -0.1) is 5.10 Å². The quantitative estimate of drug-likeness (QED) is 0.397. The Labute approximate surface area is 134 Å². The molecule has 0 spiro atoms. The van der Waals surface area contributed by atoms with Crippen molar-refractivity contribution in [2.75, 3.05) is 6.61 Å². The van der Waals surface area contributed by atoms with Gasteiger partial charge in [0.25, 0.3) is 5.56 Å². The lowest BCUT2D eigenvalue weighted by molar-refractivity contribution is -0.0235. The monoisotopic (exact) mass is 339 g/mol. The van der Waals surface area contributed by atoms with Gasteiger partial charge in [-0.25, -0.2) is 9.48 Å². The molecule has 11 heteroatoms. The maximum absolute atomic E-state index is 12.2. The fourth-order valence-electron chi connectivity index (χ4n) is 2.74. The van der Waals surface area contributed by atoms with E-state index in [0.29, 0.717) is 5.69 Å². The van der Waals surface area contributed by atoms with E-state index in [1.165, 1.54) is 4.68 Å². The van der Waals surface area contributed by atoms with Crippen LogP contribution >= 0.6 is 0 Å². The van der Waals surface area contributed by atoms with Crippen LogP contribution in [0, 0.1) is 6.92 Å². The number of H-pyrrole nitrogens is 2. The highest BCUT2D eigenvalue weighted by Crippen LogP contribution is 2.32. The van der Waals surface area contributed by atoms with Crippen molar-refractivity contribution in [3.8, 4) is 0 Å². The van der Waals surface area contributed by atoms with Crippen LogP contribution in [-0.2, 0) is 11.3 Å². The van der Waals surface area contributed by atoms with Crippen molar-refractivity contribution in [1.29, 1.82) is 0 Å². The topological polar surface area (TPSA) is 166 Å². The normalized spacial score (nSPS) is 26.8. The highest BCUT2D eigenvalue weighted by Gasteiger charge is 2.45. The summed E-state index contributed by atoms with van der Waals surface area (Å²) in [7, 11) is 0. The van der Waals surface area contributed by atoms with Crippen LogP contribution in [0.5, 0.6) is 0 Å². The zero-order valence-electron chi connectivity index (χ0n) is 12.7. The van der Waals surface area contributed by atoms with E-state index in [1.807, 2.05) is 0 Å². The van der Waals surface area contributed by atoms with Gasteiger partial charge < -0.3 is 25.0 Å². The highest BCUT2D eigenvalue weighted by molar-refractivity contribution is 5.23. The third kappa shape index (κ3) is 2.89. The number of nitrogens with zero attached hydrogens (tertiary/aromatic N) is 3. The van der Waals surface area contributed by atoms with Gasteiger partial charge in [0.05, 0.1) is 30.1 Å². The Morgan fingerprint density at radius 1 is 1.29 bits per heavy atom. The summed E-state index contributed by atoms with van der Waals surface area (Å²) in [6.07, 6.45) is -3.39. The molecule has 1 saturated heterocycles. The molecule has 0 amide bonds. The second kappa shape index (κ2) is 6.28. The molecule has 2 aromatic heterocycles. The van der Waals surface area contributed by atoms with Gasteiger partial charge in [0.1, 0.15) is 24.4 Å². The number of hydrogen-bond donors (Lipinski definition) is 5. The molecule has 0 aliphatic carbocycles. The van der Waals surface area contributed by atoms with Crippen LogP contribution in [0.4, 0.5) is 0 Å². The molecule has 2 aromatic rings. The number of aliphatic hydroxyl groups is 3. The molecule has 1 aliphatic heterocycles. The van der Waals surface area contributed by atoms with Crippen LogP contribution in [0.25, 0.3) is 0 Å². The van der Waals surface area contributed by atoms with Crippen molar-refractivity contribution in [3.63, 3.8) is 0 Å². The zero-order chi connectivity index (χ0) is 17.4. The van der Waals surface area contributed by atoms with Crippen molar-refractivity contribution in [2.24, 2.45) is 0 Å². The van der Waals surface area contributed by atoms with Crippen molar-refractivity contribution >= 4 is 0 Å². The molecule has 24 heavy (non-hydrogen) atoms. The Bertz CT molecular complexity index is 842. The summed E-state index contributed by atoms with van der Waals surface area (Å²) in [5, 5.41) is 36.8. The zero-order valence-corrected chi connectivity index (χ0v) is 12.7. The van der Waals surface area contributed by atoms with E-state index in [1.54, 1.807) is 13.1 Å². The lowest BCUT2D eigenvalue weighted by Crippen LogP contribution is -2.35. The van der Waals surface area contributed by atoms with Gasteiger partial charge in [-0.1, -0.05) is 5.21 Å².